The molecular formula is C20H14NO4S2-. The highest BCUT2D eigenvalue weighted by molar-refractivity contribution is 8.27. The first-order valence-electron chi connectivity index (χ1n) is 7.92. The lowest BCUT2D eigenvalue weighted by Gasteiger charge is -2.15. The summed E-state index contributed by atoms with van der Waals surface area (Å²) in [5.74, 6) is -0.807. The van der Waals surface area contributed by atoms with Crippen molar-refractivity contribution in [2.75, 3.05) is 11.5 Å². The molecule has 1 heterocycles. The Morgan fingerprint density at radius 3 is 2.44 bits per heavy atom. The number of carbonyl (C=O) groups excluding carboxylic acids is 2. The highest BCUT2D eigenvalue weighted by Crippen LogP contribution is 2.36. The van der Waals surface area contributed by atoms with Gasteiger partial charge in [0.1, 0.15) is 12.4 Å². The zero-order chi connectivity index (χ0) is 19.4. The van der Waals surface area contributed by atoms with Gasteiger partial charge in [0.2, 0.25) is 0 Å². The van der Waals surface area contributed by atoms with Crippen LogP contribution >= 0.6 is 24.0 Å². The molecule has 0 aliphatic carbocycles. The number of carboxylic acid groups (broad SMARTS) is 1. The molecule has 1 amide bonds. The summed E-state index contributed by atoms with van der Waals surface area (Å²) >= 11 is 6.51. The molecule has 0 bridgehead atoms. The minimum absolute atomic E-state index is 0.0403. The quantitative estimate of drug-likeness (QED) is 0.425. The van der Waals surface area contributed by atoms with Crippen LogP contribution in [0.3, 0.4) is 0 Å². The lowest BCUT2D eigenvalue weighted by Crippen LogP contribution is -2.28. The second kappa shape index (κ2) is 8.20. The topological polar surface area (TPSA) is 69.7 Å². The minimum atomic E-state index is -1.27. The van der Waals surface area contributed by atoms with Gasteiger partial charge in [0.05, 0.1) is 16.6 Å². The molecule has 1 fully saturated rings. The molecule has 136 valence electrons. The molecule has 0 aromatic heterocycles. The molecule has 27 heavy (non-hydrogen) atoms. The van der Waals surface area contributed by atoms with Gasteiger partial charge in [0.15, 0.2) is 4.32 Å². The third-order valence-electron chi connectivity index (χ3n) is 3.70. The van der Waals surface area contributed by atoms with Crippen LogP contribution in [0.1, 0.15) is 15.9 Å². The Bertz CT molecular complexity index is 933. The number of ether oxygens (including phenoxy) is 1. The zero-order valence-electron chi connectivity index (χ0n) is 14.1. The number of hydrogen-bond donors (Lipinski definition) is 0. The summed E-state index contributed by atoms with van der Waals surface area (Å²) in [6.45, 7) is 4.02. The Labute approximate surface area is 165 Å². The molecule has 0 atom stereocenters. The van der Waals surface area contributed by atoms with Crippen molar-refractivity contribution in [3.05, 3.63) is 77.2 Å². The molecule has 2 aromatic carbocycles. The molecule has 0 N–H and O–H groups in total. The maximum atomic E-state index is 12.7. The number of anilines is 1. The normalized spacial score (nSPS) is 15.3. The fourth-order valence-electron chi connectivity index (χ4n) is 2.40. The molecule has 0 radical (unpaired) electrons. The molecule has 1 aliphatic heterocycles. The lowest BCUT2D eigenvalue weighted by molar-refractivity contribution is -0.255. The van der Waals surface area contributed by atoms with Crippen LogP contribution in [0, 0.1) is 0 Å². The maximum Gasteiger partial charge on any atom is 0.270 e. The van der Waals surface area contributed by atoms with Crippen molar-refractivity contribution < 1.29 is 19.4 Å². The molecule has 7 heteroatoms. The van der Waals surface area contributed by atoms with Crippen molar-refractivity contribution in [1.29, 1.82) is 0 Å². The SMILES string of the molecule is C=CCOc1ccc(/C=C2/SC(=S)N(c3ccc(C(=O)[O-])cc3)C2=O)cc1. The van der Waals surface area contributed by atoms with Gasteiger partial charge in [-0.25, -0.2) is 0 Å². The number of aromatic carboxylic acids is 1. The first-order chi connectivity index (χ1) is 13.0. The van der Waals surface area contributed by atoms with E-state index in [0.717, 1.165) is 5.56 Å². The largest absolute Gasteiger partial charge is 0.545 e. The van der Waals surface area contributed by atoms with Crippen LogP contribution in [0.25, 0.3) is 6.08 Å². The summed E-state index contributed by atoms with van der Waals surface area (Å²) in [4.78, 5) is 25.5. The van der Waals surface area contributed by atoms with Crippen LogP contribution < -0.4 is 14.7 Å². The Hall–Kier alpha value is -2.90. The summed E-state index contributed by atoms with van der Waals surface area (Å²) in [5.41, 5.74) is 1.39. The van der Waals surface area contributed by atoms with Crippen molar-refractivity contribution in [3.8, 4) is 5.75 Å². The Morgan fingerprint density at radius 1 is 1.19 bits per heavy atom. The van der Waals surface area contributed by atoms with Gasteiger partial charge in [-0.2, -0.15) is 0 Å². The van der Waals surface area contributed by atoms with Crippen molar-refractivity contribution in [2.45, 2.75) is 0 Å². The van der Waals surface area contributed by atoms with E-state index in [1.165, 1.54) is 40.9 Å². The second-order valence-corrected chi connectivity index (χ2v) is 7.20. The van der Waals surface area contributed by atoms with E-state index in [1.54, 1.807) is 12.2 Å². The Balaban J connectivity index is 1.79. The van der Waals surface area contributed by atoms with Crippen LogP contribution in [0.15, 0.2) is 66.1 Å². The van der Waals surface area contributed by atoms with Crippen molar-refractivity contribution >= 4 is 51.9 Å². The summed E-state index contributed by atoms with van der Waals surface area (Å²) < 4.78 is 5.82. The molecule has 0 saturated carbocycles. The van der Waals surface area contributed by atoms with Gasteiger partial charge in [0.25, 0.3) is 5.91 Å². The predicted octanol–water partition coefficient (Wildman–Crippen LogP) is 3.02. The summed E-state index contributed by atoms with van der Waals surface area (Å²) in [6, 6.07) is 13.2. The number of carbonyl (C=O) groups is 2. The molecular weight excluding hydrogens is 382 g/mol. The fraction of sp³-hybridized carbons (Fsp3) is 0.0500. The van der Waals surface area contributed by atoms with Crippen LogP contribution in [-0.2, 0) is 4.79 Å². The number of rotatable bonds is 6. The van der Waals surface area contributed by atoms with E-state index in [0.29, 0.717) is 27.3 Å². The zero-order valence-corrected chi connectivity index (χ0v) is 15.7. The van der Waals surface area contributed by atoms with E-state index in [1.807, 2.05) is 24.3 Å². The predicted molar refractivity (Wildman–Crippen MR) is 109 cm³/mol. The van der Waals surface area contributed by atoms with Crippen molar-refractivity contribution in [2.24, 2.45) is 0 Å². The number of thiocarbonyl (C=S) groups is 1. The number of amides is 1. The van der Waals surface area contributed by atoms with E-state index in [-0.39, 0.29) is 11.5 Å². The first kappa shape index (κ1) is 18.9. The average Bonchev–Trinajstić information content (AvgIpc) is 2.94. The average molecular weight is 396 g/mol. The highest BCUT2D eigenvalue weighted by Gasteiger charge is 2.33. The molecule has 0 unspecified atom stereocenters. The third kappa shape index (κ3) is 4.27. The van der Waals surface area contributed by atoms with Crippen LogP contribution in [-0.4, -0.2) is 22.8 Å². The van der Waals surface area contributed by atoms with Gasteiger partial charge < -0.3 is 14.6 Å². The molecule has 1 aliphatic rings. The van der Waals surface area contributed by atoms with Crippen LogP contribution in [0.4, 0.5) is 5.69 Å². The van der Waals surface area contributed by atoms with E-state index >= 15 is 0 Å². The van der Waals surface area contributed by atoms with Gasteiger partial charge in [-0.3, -0.25) is 9.69 Å². The Kier molecular flexibility index (Phi) is 5.73. The summed E-state index contributed by atoms with van der Waals surface area (Å²) in [7, 11) is 0. The summed E-state index contributed by atoms with van der Waals surface area (Å²) in [6.07, 6.45) is 3.42. The van der Waals surface area contributed by atoms with E-state index < -0.39 is 5.97 Å². The number of thioether (sulfide) groups is 1. The van der Waals surface area contributed by atoms with Gasteiger partial charge in [-0.05, 0) is 41.5 Å². The fourth-order valence-corrected chi connectivity index (χ4v) is 3.70. The first-order valence-corrected chi connectivity index (χ1v) is 9.15. The minimum Gasteiger partial charge on any atom is -0.545 e. The molecule has 1 saturated heterocycles. The van der Waals surface area contributed by atoms with Crippen LogP contribution in [0.5, 0.6) is 5.75 Å². The number of nitrogens with zero attached hydrogens (tertiary/aromatic N) is 1. The van der Waals surface area contributed by atoms with E-state index in [4.69, 9.17) is 17.0 Å². The monoisotopic (exact) mass is 396 g/mol. The van der Waals surface area contributed by atoms with Gasteiger partial charge in [-0.1, -0.05) is 60.9 Å². The lowest BCUT2D eigenvalue weighted by atomic mass is 10.2. The Morgan fingerprint density at radius 2 is 1.85 bits per heavy atom. The van der Waals surface area contributed by atoms with Crippen molar-refractivity contribution in [1.82, 2.24) is 0 Å². The van der Waals surface area contributed by atoms with Crippen LogP contribution in [0.2, 0.25) is 0 Å². The maximum absolute atomic E-state index is 12.7. The number of benzene rings is 2. The highest BCUT2D eigenvalue weighted by atomic mass is 32.2. The van der Waals surface area contributed by atoms with Gasteiger partial charge in [-0.15, -0.1) is 0 Å². The molecule has 5 nitrogen and oxygen atoms in total. The third-order valence-corrected chi connectivity index (χ3v) is 5.00. The smallest absolute Gasteiger partial charge is 0.270 e. The van der Waals surface area contributed by atoms with Gasteiger partial charge in [0, 0.05) is 0 Å². The van der Waals surface area contributed by atoms with E-state index in [9.17, 15) is 14.7 Å². The van der Waals surface area contributed by atoms with E-state index in [2.05, 4.69) is 6.58 Å². The second-order valence-electron chi connectivity index (χ2n) is 5.52. The number of carboxylic acids is 1. The summed E-state index contributed by atoms with van der Waals surface area (Å²) in [5, 5.41) is 10.9. The van der Waals surface area contributed by atoms with Gasteiger partial charge >= 0.3 is 0 Å². The molecule has 3 rings (SSSR count). The molecule has 0 spiro atoms. The molecule has 2 aromatic rings. The van der Waals surface area contributed by atoms with Crippen molar-refractivity contribution in [3.63, 3.8) is 0 Å². The standard InChI is InChI=1S/C20H15NO4S2/c1-2-11-25-16-9-3-13(4-10-16)12-17-18(22)21(20(26)27-17)15-7-5-14(6-8-15)19(23)24/h2-10,12H,1,11H2,(H,23,24)/p-1/b17-12+. The number of hydrogen-bond acceptors (Lipinski definition) is 6.